The number of aliphatic hydroxyl groups is 3. The van der Waals surface area contributed by atoms with Crippen LogP contribution in [-0.2, 0) is 32.4 Å². The van der Waals surface area contributed by atoms with Crippen molar-refractivity contribution in [1.29, 1.82) is 0 Å². The Kier molecular flexibility index (Phi) is 8.92. The second-order valence-corrected chi connectivity index (χ2v) is 12.8. The number of ether oxygens (including phenoxy) is 3. The van der Waals surface area contributed by atoms with E-state index in [1.807, 2.05) is 0 Å². The van der Waals surface area contributed by atoms with Gasteiger partial charge in [0.05, 0.1) is 23.9 Å². The molecule has 2 aliphatic rings. The van der Waals surface area contributed by atoms with Gasteiger partial charge in [-0.25, -0.2) is 19.5 Å². The summed E-state index contributed by atoms with van der Waals surface area (Å²) in [6.45, 7) is -0.816. The first kappa shape index (κ1) is 33.1. The fourth-order valence-corrected chi connectivity index (χ4v) is 6.48. The first-order chi connectivity index (χ1) is 22.3. The van der Waals surface area contributed by atoms with Gasteiger partial charge in [0.25, 0.3) is 5.56 Å². The van der Waals surface area contributed by atoms with Gasteiger partial charge in [0, 0.05) is 6.20 Å². The zero-order valence-electron chi connectivity index (χ0n) is 23.6. The normalized spacial score (nSPS) is 29.7. The highest BCUT2D eigenvalue weighted by Gasteiger charge is 2.51. The molecule has 6 rings (SSSR count). The van der Waals surface area contributed by atoms with Crippen molar-refractivity contribution >= 4 is 49.8 Å². The minimum atomic E-state index is -5.19. The molecule has 0 spiro atoms. The van der Waals surface area contributed by atoms with Crippen molar-refractivity contribution in [2.24, 2.45) is 0 Å². The van der Waals surface area contributed by atoms with Crippen LogP contribution >= 0.6 is 15.9 Å². The number of hydrogen-bond acceptors (Lipinski definition) is 17. The number of imidazole rings is 1. The fourth-order valence-electron chi connectivity index (χ4n) is 5.24. The van der Waals surface area contributed by atoms with Crippen molar-refractivity contribution < 1.29 is 57.5 Å². The van der Waals surface area contributed by atoms with E-state index >= 15 is 0 Å². The van der Waals surface area contributed by atoms with Gasteiger partial charge in [-0.05, 0) is 0 Å². The lowest BCUT2D eigenvalue weighted by molar-refractivity contribution is -0.166. The molecule has 4 aromatic heterocycles. The number of nitrogens with zero attached hydrogens (tertiary/aromatic N) is 6. The van der Waals surface area contributed by atoms with E-state index < -0.39 is 83.6 Å². The Morgan fingerprint density at radius 2 is 1.87 bits per heavy atom. The van der Waals surface area contributed by atoms with Gasteiger partial charge in [0.15, 0.2) is 29.9 Å². The zero-order chi connectivity index (χ0) is 33.8. The van der Waals surface area contributed by atoms with Crippen molar-refractivity contribution in [2.75, 3.05) is 24.4 Å². The van der Waals surface area contributed by atoms with Gasteiger partial charge < -0.3 is 55.4 Å². The number of terminal acetylenes is 1. The summed E-state index contributed by atoms with van der Waals surface area (Å²) < 4.78 is 53.7. The summed E-state index contributed by atoms with van der Waals surface area (Å²) in [7, 11) is -8.38. The van der Waals surface area contributed by atoms with E-state index in [-0.39, 0.29) is 34.1 Å². The number of rotatable bonds is 10. The standard InChI is InChI=1S/C23H27N9O13P2/c1-2-8-3-31(17-10(8)16(24)26-5-27-17)20-13(34)12(33)9(43-20)4-42-47(39,40)45-15-14(35)22(41-7-46(37)38)44-21(15)32-6-28-11-18(32)29-23(25)30-19(11)36/h1,3,5-6,9,12-15,20-22,33-35,46H,4,7H2,(H,37,38)(H,39,40)(H2,24,26,27)(H3,25,29,30,36)/t9-,12+,13+,14-,15+,20-,21-,22+/m1/s1. The topological polar surface area (TPSA) is 328 Å². The Hall–Kier alpha value is -3.81. The molecule has 6 heterocycles. The molecule has 0 aliphatic carbocycles. The molecule has 0 amide bonds. The molecule has 0 radical (unpaired) electrons. The van der Waals surface area contributed by atoms with Crippen LogP contribution in [0.4, 0.5) is 11.8 Å². The second kappa shape index (κ2) is 12.7. The number of nitrogen functional groups attached to an aromatic ring is 2. The summed E-state index contributed by atoms with van der Waals surface area (Å²) in [5, 5.41) is 32.7. The summed E-state index contributed by atoms with van der Waals surface area (Å²) in [6, 6.07) is 0. The van der Waals surface area contributed by atoms with Crippen molar-refractivity contribution in [3.05, 3.63) is 34.8 Å². The van der Waals surface area contributed by atoms with Crippen molar-refractivity contribution in [3.8, 4) is 12.3 Å². The lowest BCUT2D eigenvalue weighted by Gasteiger charge is -2.24. The van der Waals surface area contributed by atoms with Crippen molar-refractivity contribution in [1.82, 2.24) is 34.1 Å². The first-order valence-corrected chi connectivity index (χ1v) is 16.5. The average Bonchev–Trinajstić information content (AvgIpc) is 3.75. The highest BCUT2D eigenvalue weighted by atomic mass is 31.2. The average molecular weight is 699 g/mol. The van der Waals surface area contributed by atoms with Gasteiger partial charge in [-0.15, -0.1) is 6.42 Å². The molecule has 10 atom stereocenters. The first-order valence-electron chi connectivity index (χ1n) is 13.4. The lowest BCUT2D eigenvalue weighted by atomic mass is 10.1. The molecule has 22 nitrogen and oxygen atoms in total. The lowest BCUT2D eigenvalue weighted by Crippen LogP contribution is -2.36. The minimum Gasteiger partial charge on any atom is -0.387 e. The predicted molar refractivity (Wildman–Crippen MR) is 156 cm³/mol. The summed E-state index contributed by atoms with van der Waals surface area (Å²) in [5.74, 6) is 2.19. The van der Waals surface area contributed by atoms with Crippen LogP contribution in [0.5, 0.6) is 0 Å². The molecule has 0 bridgehead atoms. The van der Waals surface area contributed by atoms with Crippen LogP contribution in [0.3, 0.4) is 0 Å². The number of phosphoric ester groups is 1. The van der Waals surface area contributed by atoms with E-state index in [1.165, 1.54) is 10.8 Å². The van der Waals surface area contributed by atoms with E-state index in [0.717, 1.165) is 17.2 Å². The minimum absolute atomic E-state index is 0.0671. The molecule has 2 aliphatic heterocycles. The number of nitrogens with one attached hydrogen (secondary N) is 1. The largest absolute Gasteiger partial charge is 0.472 e. The van der Waals surface area contributed by atoms with E-state index in [1.54, 1.807) is 0 Å². The molecule has 2 saturated heterocycles. The molecule has 252 valence electrons. The van der Waals surface area contributed by atoms with E-state index in [0.29, 0.717) is 5.39 Å². The quantitative estimate of drug-likeness (QED) is 0.0625. The number of aromatic nitrogens is 7. The summed E-state index contributed by atoms with van der Waals surface area (Å²) in [4.78, 5) is 50.3. The number of aliphatic hydroxyl groups excluding tert-OH is 3. The fraction of sp³-hybridized carbons (Fsp3) is 0.435. The molecule has 2 fully saturated rings. The maximum atomic E-state index is 13.2. The van der Waals surface area contributed by atoms with Gasteiger partial charge in [0.1, 0.15) is 54.7 Å². The molecule has 24 heteroatoms. The number of nitrogens with two attached hydrogens (primary N) is 2. The Morgan fingerprint density at radius 1 is 1.11 bits per heavy atom. The third-order valence-corrected chi connectivity index (χ3v) is 8.73. The maximum absolute atomic E-state index is 13.2. The van der Waals surface area contributed by atoms with E-state index in [2.05, 4.69) is 30.8 Å². The summed E-state index contributed by atoms with van der Waals surface area (Å²) in [6.07, 6.45) is -4.39. The second-order valence-electron chi connectivity index (χ2n) is 10.3. The van der Waals surface area contributed by atoms with Gasteiger partial charge in [-0.2, -0.15) is 4.98 Å². The Morgan fingerprint density at radius 3 is 2.60 bits per heavy atom. The zero-order valence-corrected chi connectivity index (χ0v) is 25.5. The van der Waals surface area contributed by atoms with Crippen molar-refractivity contribution in [3.63, 3.8) is 0 Å². The molecule has 4 aromatic rings. The number of hydrogen-bond donors (Lipinski definition) is 8. The summed E-state index contributed by atoms with van der Waals surface area (Å²) in [5.41, 5.74) is 11.0. The van der Waals surface area contributed by atoms with Crippen LogP contribution in [0.1, 0.15) is 18.0 Å². The summed E-state index contributed by atoms with van der Waals surface area (Å²) >= 11 is 0. The molecule has 47 heavy (non-hydrogen) atoms. The third kappa shape index (κ3) is 6.16. The highest BCUT2D eigenvalue weighted by molar-refractivity contribution is 7.47. The SMILES string of the molecule is C#Cc1cn([C@@H]2O[C@H](COP(=O)(O)O[C@H]3[C@@H](O)[C@@H](OC[PH](=O)O)O[C@H]3n3cnc4c(=O)[nH]c(N)nc43)[C@H](O)[C@@H]2O)c2ncnc(N)c12. The molecule has 10 N–H and O–H groups in total. The van der Waals surface area contributed by atoms with Gasteiger partial charge in [0.2, 0.25) is 14.0 Å². The van der Waals surface area contributed by atoms with Crippen LogP contribution in [0.25, 0.3) is 22.2 Å². The molecular formula is C23H27N9O13P2. The smallest absolute Gasteiger partial charge is 0.387 e. The number of aromatic amines is 1. The van der Waals surface area contributed by atoms with E-state index in [9.17, 15) is 39.0 Å². The van der Waals surface area contributed by atoms with Crippen LogP contribution in [0.2, 0.25) is 0 Å². The Labute approximate surface area is 262 Å². The molecule has 0 saturated carbocycles. The molecular weight excluding hydrogens is 672 g/mol. The van der Waals surface area contributed by atoms with Gasteiger partial charge in [-0.1, -0.05) is 5.92 Å². The Bertz CT molecular complexity index is 2000. The third-order valence-electron chi connectivity index (χ3n) is 7.33. The number of anilines is 2. The number of phosphoric acid groups is 1. The van der Waals surface area contributed by atoms with Crippen molar-refractivity contribution in [2.45, 2.75) is 49.3 Å². The van der Waals surface area contributed by atoms with Crippen LogP contribution < -0.4 is 17.0 Å². The van der Waals surface area contributed by atoms with Crippen LogP contribution in [0, 0.1) is 12.3 Å². The predicted octanol–water partition coefficient (Wildman–Crippen LogP) is -2.51. The van der Waals surface area contributed by atoms with Gasteiger partial charge >= 0.3 is 7.82 Å². The van der Waals surface area contributed by atoms with Gasteiger partial charge in [-0.3, -0.25) is 28.0 Å². The van der Waals surface area contributed by atoms with E-state index in [4.69, 9.17) is 41.1 Å². The highest BCUT2D eigenvalue weighted by Crippen LogP contribution is 2.50. The number of H-pyrrole nitrogens is 1. The number of fused-ring (bicyclic) bond motifs is 2. The molecule has 0 aromatic carbocycles. The molecule has 2 unspecified atom stereocenters. The van der Waals surface area contributed by atoms with Crippen LogP contribution in [0.15, 0.2) is 23.6 Å². The maximum Gasteiger partial charge on any atom is 0.472 e. The monoisotopic (exact) mass is 699 g/mol. The Balaban J connectivity index is 1.21. The van der Waals surface area contributed by atoms with Crippen LogP contribution in [-0.4, -0.2) is 109 Å².